The summed E-state index contributed by atoms with van der Waals surface area (Å²) in [4.78, 5) is 4.19. The van der Waals surface area contributed by atoms with Gasteiger partial charge in [-0.15, -0.1) is 11.3 Å². The van der Waals surface area contributed by atoms with Crippen molar-refractivity contribution in [2.24, 2.45) is 5.92 Å². The Hall–Kier alpha value is -1.32. The van der Waals surface area contributed by atoms with Gasteiger partial charge in [0.15, 0.2) is 0 Å². The molecule has 1 aliphatic heterocycles. The first-order valence-electron chi connectivity index (χ1n) is 8.25. The third-order valence-corrected chi connectivity index (χ3v) is 6.24. The van der Waals surface area contributed by atoms with E-state index in [1.165, 1.54) is 49.3 Å². The van der Waals surface area contributed by atoms with Crippen LogP contribution in [0.2, 0.25) is 0 Å². The van der Waals surface area contributed by atoms with Crippen LogP contribution < -0.4 is 4.74 Å². The average Bonchev–Trinajstić information content (AvgIpc) is 3.21. The minimum atomic E-state index is 0.734. The fraction of sp³-hybridized carbons (Fsp3) is 0.474. The second kappa shape index (κ2) is 6.05. The molecule has 0 saturated carbocycles. The summed E-state index contributed by atoms with van der Waals surface area (Å²) in [6.45, 7) is 3.72. The lowest BCUT2D eigenvalue weighted by Gasteiger charge is -2.27. The van der Waals surface area contributed by atoms with Gasteiger partial charge in [-0.1, -0.05) is 12.1 Å². The number of benzene rings is 1. The first-order valence-corrected chi connectivity index (χ1v) is 9.13. The van der Waals surface area contributed by atoms with Gasteiger partial charge in [0.2, 0.25) is 0 Å². The number of hydrogen-bond donors (Lipinski definition) is 0. The molecule has 1 saturated heterocycles. The average molecular weight is 313 g/mol. The van der Waals surface area contributed by atoms with E-state index in [1.54, 1.807) is 12.7 Å². The van der Waals surface area contributed by atoms with Crippen molar-refractivity contribution in [2.45, 2.75) is 25.2 Å². The zero-order chi connectivity index (χ0) is 14.9. The number of aryl methyl sites for hydroxylation is 1. The molecule has 2 aromatic rings. The monoisotopic (exact) mass is 313 g/mol. The van der Waals surface area contributed by atoms with Crippen LogP contribution in [0.4, 0.5) is 0 Å². The van der Waals surface area contributed by atoms with Gasteiger partial charge in [-0.05, 0) is 59.9 Å². The van der Waals surface area contributed by atoms with Crippen molar-refractivity contribution >= 4 is 11.3 Å². The van der Waals surface area contributed by atoms with E-state index < -0.39 is 0 Å². The molecule has 1 aliphatic carbocycles. The second-order valence-corrected chi connectivity index (χ2v) is 7.59. The number of fused-ring (bicyclic) bond motifs is 3. The molecular weight excluding hydrogens is 290 g/mol. The SMILES string of the molecule is COc1ccc2c(c1)CCC1CN(CCc3cccs3)CC21. The highest BCUT2D eigenvalue weighted by molar-refractivity contribution is 7.09. The summed E-state index contributed by atoms with van der Waals surface area (Å²) in [6, 6.07) is 11.1. The molecule has 2 unspecified atom stereocenters. The van der Waals surface area contributed by atoms with E-state index in [2.05, 4.69) is 40.6 Å². The van der Waals surface area contributed by atoms with Crippen molar-refractivity contribution in [3.8, 4) is 5.75 Å². The summed E-state index contributed by atoms with van der Waals surface area (Å²) in [5.41, 5.74) is 3.09. The molecular formula is C19H23NOS. The summed E-state index contributed by atoms with van der Waals surface area (Å²) in [5.74, 6) is 2.59. The number of thiophene rings is 1. The maximum Gasteiger partial charge on any atom is 0.119 e. The third-order valence-electron chi connectivity index (χ3n) is 5.31. The van der Waals surface area contributed by atoms with Gasteiger partial charge in [0.25, 0.3) is 0 Å². The molecule has 0 N–H and O–H groups in total. The third kappa shape index (κ3) is 2.68. The number of rotatable bonds is 4. The van der Waals surface area contributed by atoms with Crippen LogP contribution in [0.3, 0.4) is 0 Å². The summed E-state index contributed by atoms with van der Waals surface area (Å²) in [7, 11) is 1.76. The van der Waals surface area contributed by atoms with Gasteiger partial charge < -0.3 is 9.64 Å². The molecule has 4 rings (SSSR count). The van der Waals surface area contributed by atoms with Gasteiger partial charge in [0.1, 0.15) is 5.75 Å². The maximum absolute atomic E-state index is 5.38. The van der Waals surface area contributed by atoms with E-state index in [1.807, 2.05) is 11.3 Å². The van der Waals surface area contributed by atoms with Crippen molar-refractivity contribution in [3.63, 3.8) is 0 Å². The molecule has 2 atom stereocenters. The fourth-order valence-electron chi connectivity index (χ4n) is 4.14. The molecule has 0 radical (unpaired) electrons. The first-order chi connectivity index (χ1) is 10.8. The number of likely N-dealkylation sites (tertiary alicyclic amines) is 1. The summed E-state index contributed by atoms with van der Waals surface area (Å²) in [6.07, 6.45) is 3.75. The molecule has 1 aromatic carbocycles. The van der Waals surface area contributed by atoms with E-state index >= 15 is 0 Å². The smallest absolute Gasteiger partial charge is 0.119 e. The van der Waals surface area contributed by atoms with E-state index in [9.17, 15) is 0 Å². The van der Waals surface area contributed by atoms with Crippen LogP contribution in [-0.4, -0.2) is 31.6 Å². The molecule has 1 fully saturated rings. The van der Waals surface area contributed by atoms with E-state index in [-0.39, 0.29) is 0 Å². The Morgan fingerprint density at radius 3 is 3.05 bits per heavy atom. The molecule has 2 heterocycles. The summed E-state index contributed by atoms with van der Waals surface area (Å²) < 4.78 is 5.38. The fourth-order valence-corrected chi connectivity index (χ4v) is 4.84. The van der Waals surface area contributed by atoms with Gasteiger partial charge in [0.05, 0.1) is 7.11 Å². The predicted octanol–water partition coefficient (Wildman–Crippen LogP) is 3.96. The standard InChI is InChI=1S/C19H23NOS/c1-21-16-6-7-18-14(11-16)4-5-15-12-20(13-19(15)18)9-8-17-3-2-10-22-17/h2-3,6-7,10-11,15,19H,4-5,8-9,12-13H2,1H3. The van der Waals surface area contributed by atoms with E-state index in [0.717, 1.165) is 17.6 Å². The molecule has 116 valence electrons. The Balaban J connectivity index is 1.46. The lowest BCUT2D eigenvalue weighted by Crippen LogP contribution is -2.23. The normalized spacial score (nSPS) is 24.0. The summed E-state index contributed by atoms with van der Waals surface area (Å²) >= 11 is 1.88. The van der Waals surface area contributed by atoms with Crippen LogP contribution in [0.5, 0.6) is 5.75 Å². The Morgan fingerprint density at radius 1 is 1.27 bits per heavy atom. The number of nitrogens with zero attached hydrogens (tertiary/aromatic N) is 1. The summed E-state index contributed by atoms with van der Waals surface area (Å²) in [5, 5.41) is 2.18. The van der Waals surface area contributed by atoms with E-state index in [0.29, 0.717) is 0 Å². The highest BCUT2D eigenvalue weighted by atomic mass is 32.1. The van der Waals surface area contributed by atoms with Crippen LogP contribution in [0.15, 0.2) is 35.7 Å². The van der Waals surface area contributed by atoms with Crippen LogP contribution in [-0.2, 0) is 12.8 Å². The molecule has 0 amide bonds. The zero-order valence-corrected chi connectivity index (χ0v) is 13.9. The van der Waals surface area contributed by atoms with Crippen LogP contribution in [0, 0.1) is 5.92 Å². The lowest BCUT2D eigenvalue weighted by atomic mass is 9.77. The highest BCUT2D eigenvalue weighted by Gasteiger charge is 2.37. The predicted molar refractivity (Wildman–Crippen MR) is 92.0 cm³/mol. The van der Waals surface area contributed by atoms with E-state index in [4.69, 9.17) is 4.74 Å². The number of methoxy groups -OCH3 is 1. The first kappa shape index (κ1) is 14.3. The van der Waals surface area contributed by atoms with Crippen molar-refractivity contribution in [2.75, 3.05) is 26.7 Å². The molecule has 2 nitrogen and oxygen atoms in total. The van der Waals surface area contributed by atoms with Crippen molar-refractivity contribution in [1.29, 1.82) is 0 Å². The number of hydrogen-bond acceptors (Lipinski definition) is 3. The van der Waals surface area contributed by atoms with Crippen molar-refractivity contribution in [1.82, 2.24) is 4.90 Å². The molecule has 0 spiro atoms. The molecule has 3 heteroatoms. The van der Waals surface area contributed by atoms with Gasteiger partial charge in [0, 0.05) is 30.4 Å². The Kier molecular flexibility index (Phi) is 3.93. The largest absolute Gasteiger partial charge is 0.497 e. The van der Waals surface area contributed by atoms with Crippen LogP contribution >= 0.6 is 11.3 Å². The number of ether oxygens (including phenoxy) is 1. The minimum Gasteiger partial charge on any atom is -0.497 e. The molecule has 2 aliphatic rings. The Bertz CT molecular complexity index is 637. The molecule has 1 aromatic heterocycles. The van der Waals surface area contributed by atoms with Gasteiger partial charge >= 0.3 is 0 Å². The second-order valence-electron chi connectivity index (χ2n) is 6.56. The Labute approximate surface area is 136 Å². The maximum atomic E-state index is 5.38. The quantitative estimate of drug-likeness (QED) is 0.847. The molecule has 22 heavy (non-hydrogen) atoms. The van der Waals surface area contributed by atoms with Crippen molar-refractivity contribution in [3.05, 3.63) is 51.7 Å². The topological polar surface area (TPSA) is 12.5 Å². The Morgan fingerprint density at radius 2 is 2.23 bits per heavy atom. The van der Waals surface area contributed by atoms with Crippen molar-refractivity contribution < 1.29 is 4.74 Å². The van der Waals surface area contributed by atoms with Gasteiger partial charge in [-0.3, -0.25) is 0 Å². The highest BCUT2D eigenvalue weighted by Crippen LogP contribution is 2.42. The van der Waals surface area contributed by atoms with Crippen LogP contribution in [0.25, 0.3) is 0 Å². The lowest BCUT2D eigenvalue weighted by molar-refractivity contribution is 0.326. The van der Waals surface area contributed by atoms with Crippen LogP contribution in [0.1, 0.15) is 28.3 Å². The van der Waals surface area contributed by atoms with Gasteiger partial charge in [-0.2, -0.15) is 0 Å². The zero-order valence-electron chi connectivity index (χ0n) is 13.1. The van der Waals surface area contributed by atoms with Gasteiger partial charge in [-0.25, -0.2) is 0 Å². The minimum absolute atomic E-state index is 0.734. The molecule has 0 bridgehead atoms.